The van der Waals surface area contributed by atoms with Crippen LogP contribution < -0.4 is 0 Å². The molecule has 1 aliphatic heterocycles. The molecular weight excluding hydrogens is 257 g/mol. The van der Waals surface area contributed by atoms with Gasteiger partial charge in [-0.1, -0.05) is 0 Å². The summed E-state index contributed by atoms with van der Waals surface area (Å²) in [7, 11) is 1.76. The van der Waals surface area contributed by atoms with Gasteiger partial charge in [0.1, 0.15) is 5.82 Å². The van der Waals surface area contributed by atoms with Gasteiger partial charge < -0.3 is 9.64 Å². The van der Waals surface area contributed by atoms with Crippen molar-refractivity contribution in [3.8, 4) is 0 Å². The number of halogens is 1. The summed E-state index contributed by atoms with van der Waals surface area (Å²) in [6.45, 7) is 2.97. The number of nitrogens with zero attached hydrogens (tertiary/aromatic N) is 1. The van der Waals surface area contributed by atoms with Gasteiger partial charge >= 0.3 is 0 Å². The minimum absolute atomic E-state index is 0.0882. The van der Waals surface area contributed by atoms with Crippen LogP contribution in [-0.4, -0.2) is 43.5 Å². The number of carbonyl (C=O) groups is 1. The van der Waals surface area contributed by atoms with Gasteiger partial charge in [-0.2, -0.15) is 0 Å². The van der Waals surface area contributed by atoms with E-state index in [1.807, 2.05) is 0 Å². The Morgan fingerprint density at radius 2 is 2.15 bits per heavy atom. The van der Waals surface area contributed by atoms with Crippen molar-refractivity contribution in [3.05, 3.63) is 35.6 Å². The lowest BCUT2D eigenvalue weighted by atomic mass is 10.0. The maximum atomic E-state index is 12.8. The molecule has 1 heterocycles. The Bertz CT molecular complexity index is 433. The predicted octanol–water partition coefficient (Wildman–Crippen LogP) is 2.90. The third kappa shape index (κ3) is 4.39. The van der Waals surface area contributed by atoms with Crippen molar-refractivity contribution in [1.29, 1.82) is 0 Å². The molecule has 0 radical (unpaired) electrons. The van der Waals surface area contributed by atoms with Gasteiger partial charge in [0, 0.05) is 25.6 Å². The van der Waals surface area contributed by atoms with Crippen LogP contribution in [0.25, 0.3) is 0 Å². The van der Waals surface area contributed by atoms with Gasteiger partial charge in [0.25, 0.3) is 0 Å². The Balaban J connectivity index is 1.72. The zero-order chi connectivity index (χ0) is 14.4. The van der Waals surface area contributed by atoms with E-state index >= 15 is 0 Å². The second-order valence-corrected chi connectivity index (χ2v) is 5.33. The lowest BCUT2D eigenvalue weighted by molar-refractivity contribution is 0.0309. The van der Waals surface area contributed by atoms with Crippen LogP contribution in [0.4, 0.5) is 4.39 Å². The van der Waals surface area contributed by atoms with E-state index in [2.05, 4.69) is 4.90 Å². The average Bonchev–Trinajstić information content (AvgIpc) is 2.48. The Morgan fingerprint density at radius 3 is 2.85 bits per heavy atom. The molecule has 1 aromatic rings. The Hall–Kier alpha value is -1.26. The zero-order valence-electron chi connectivity index (χ0n) is 12.0. The van der Waals surface area contributed by atoms with Gasteiger partial charge in [-0.3, -0.25) is 4.79 Å². The molecule has 1 fully saturated rings. The number of hydrogen-bond acceptors (Lipinski definition) is 3. The van der Waals surface area contributed by atoms with Gasteiger partial charge in [0.15, 0.2) is 5.78 Å². The van der Waals surface area contributed by atoms with E-state index in [0.29, 0.717) is 18.1 Å². The summed E-state index contributed by atoms with van der Waals surface area (Å²) in [4.78, 5) is 14.3. The van der Waals surface area contributed by atoms with Gasteiger partial charge in [0.05, 0.1) is 6.10 Å². The summed E-state index contributed by atoms with van der Waals surface area (Å²) in [5, 5.41) is 0. The molecule has 1 aliphatic rings. The second-order valence-electron chi connectivity index (χ2n) is 5.33. The van der Waals surface area contributed by atoms with Crippen LogP contribution in [0.1, 0.15) is 36.0 Å². The highest BCUT2D eigenvalue weighted by atomic mass is 19.1. The molecule has 1 aromatic carbocycles. The molecule has 0 aliphatic carbocycles. The summed E-state index contributed by atoms with van der Waals surface area (Å²) in [6, 6.07) is 5.78. The quantitative estimate of drug-likeness (QED) is 0.750. The third-order valence-electron chi connectivity index (χ3n) is 3.84. The summed E-state index contributed by atoms with van der Waals surface area (Å²) in [5.41, 5.74) is 0.597. The molecule has 0 saturated carbocycles. The van der Waals surface area contributed by atoms with Crippen molar-refractivity contribution in [2.45, 2.75) is 31.8 Å². The highest BCUT2D eigenvalue weighted by molar-refractivity contribution is 5.95. The van der Waals surface area contributed by atoms with Gasteiger partial charge in [-0.05, 0) is 56.6 Å². The topological polar surface area (TPSA) is 29.5 Å². The molecule has 4 heteroatoms. The van der Waals surface area contributed by atoms with Crippen LogP contribution in [-0.2, 0) is 4.74 Å². The molecule has 2 rings (SSSR count). The number of benzene rings is 1. The zero-order valence-corrected chi connectivity index (χ0v) is 12.0. The standard InChI is InChI=1S/C16H22FNO2/c1-20-15-4-2-10-18(12-15)11-3-5-16(19)13-6-8-14(17)9-7-13/h6-9,15H,2-5,10-12H2,1H3. The van der Waals surface area contributed by atoms with E-state index in [4.69, 9.17) is 4.74 Å². The van der Waals surface area contributed by atoms with Crippen LogP contribution in [0, 0.1) is 5.82 Å². The molecule has 0 amide bonds. The molecule has 1 saturated heterocycles. The first-order valence-electron chi connectivity index (χ1n) is 7.23. The van der Waals surface area contributed by atoms with Gasteiger partial charge in [-0.15, -0.1) is 0 Å². The first-order chi connectivity index (χ1) is 9.69. The van der Waals surface area contributed by atoms with Crippen molar-refractivity contribution in [1.82, 2.24) is 4.90 Å². The molecular formula is C16H22FNO2. The van der Waals surface area contributed by atoms with Crippen molar-refractivity contribution < 1.29 is 13.9 Å². The van der Waals surface area contributed by atoms with Crippen molar-refractivity contribution >= 4 is 5.78 Å². The Labute approximate surface area is 119 Å². The molecule has 20 heavy (non-hydrogen) atoms. The minimum Gasteiger partial charge on any atom is -0.380 e. The fourth-order valence-electron chi connectivity index (χ4n) is 2.65. The number of hydrogen-bond donors (Lipinski definition) is 0. The van der Waals surface area contributed by atoms with Crippen LogP contribution in [0.3, 0.4) is 0 Å². The lowest BCUT2D eigenvalue weighted by Crippen LogP contribution is -2.39. The molecule has 3 nitrogen and oxygen atoms in total. The summed E-state index contributed by atoms with van der Waals surface area (Å²) in [5.74, 6) is -0.217. The van der Waals surface area contributed by atoms with Crippen LogP contribution in [0.5, 0.6) is 0 Å². The summed E-state index contributed by atoms with van der Waals surface area (Å²) in [6.07, 6.45) is 3.97. The number of ketones is 1. The SMILES string of the molecule is COC1CCCN(CCCC(=O)c2ccc(F)cc2)C1. The number of ether oxygens (including phenoxy) is 1. The number of Topliss-reactive ketones (excluding diaryl/α,β-unsaturated/α-hetero) is 1. The fraction of sp³-hybridized carbons (Fsp3) is 0.562. The van der Waals surface area contributed by atoms with E-state index in [1.54, 1.807) is 19.2 Å². The fourth-order valence-corrected chi connectivity index (χ4v) is 2.65. The lowest BCUT2D eigenvalue weighted by Gasteiger charge is -2.31. The number of carbonyl (C=O) groups excluding carboxylic acids is 1. The molecule has 0 N–H and O–H groups in total. The normalized spacial score (nSPS) is 20.0. The smallest absolute Gasteiger partial charge is 0.162 e. The van der Waals surface area contributed by atoms with E-state index in [0.717, 1.165) is 38.9 Å². The summed E-state index contributed by atoms with van der Waals surface area (Å²) >= 11 is 0. The molecule has 0 bridgehead atoms. The highest BCUT2D eigenvalue weighted by Gasteiger charge is 2.19. The van der Waals surface area contributed by atoms with Crippen molar-refractivity contribution in [3.63, 3.8) is 0 Å². The van der Waals surface area contributed by atoms with Crippen molar-refractivity contribution in [2.75, 3.05) is 26.7 Å². The van der Waals surface area contributed by atoms with Gasteiger partial charge in [-0.25, -0.2) is 4.39 Å². The first kappa shape index (κ1) is 15.1. The number of piperidine rings is 1. The predicted molar refractivity (Wildman–Crippen MR) is 76.4 cm³/mol. The van der Waals surface area contributed by atoms with E-state index < -0.39 is 0 Å². The molecule has 0 spiro atoms. The van der Waals surface area contributed by atoms with E-state index in [9.17, 15) is 9.18 Å². The largest absolute Gasteiger partial charge is 0.380 e. The summed E-state index contributed by atoms with van der Waals surface area (Å²) < 4.78 is 18.2. The van der Waals surface area contributed by atoms with E-state index in [1.165, 1.54) is 12.1 Å². The first-order valence-corrected chi connectivity index (χ1v) is 7.23. The second kappa shape index (κ2) is 7.50. The molecule has 110 valence electrons. The number of rotatable bonds is 6. The van der Waals surface area contributed by atoms with Gasteiger partial charge in [0.2, 0.25) is 0 Å². The Morgan fingerprint density at radius 1 is 1.40 bits per heavy atom. The number of methoxy groups -OCH3 is 1. The molecule has 1 atom stereocenters. The number of likely N-dealkylation sites (tertiary alicyclic amines) is 1. The highest BCUT2D eigenvalue weighted by Crippen LogP contribution is 2.14. The van der Waals surface area contributed by atoms with E-state index in [-0.39, 0.29) is 11.6 Å². The van der Waals surface area contributed by atoms with Crippen LogP contribution in [0.15, 0.2) is 24.3 Å². The average molecular weight is 279 g/mol. The van der Waals surface area contributed by atoms with Crippen LogP contribution >= 0.6 is 0 Å². The van der Waals surface area contributed by atoms with Crippen molar-refractivity contribution in [2.24, 2.45) is 0 Å². The monoisotopic (exact) mass is 279 g/mol. The third-order valence-corrected chi connectivity index (χ3v) is 3.84. The minimum atomic E-state index is -0.305. The molecule has 0 aromatic heterocycles. The maximum absolute atomic E-state index is 12.8. The van der Waals surface area contributed by atoms with Crippen LogP contribution in [0.2, 0.25) is 0 Å². The molecule has 1 unspecified atom stereocenters. The Kier molecular flexibility index (Phi) is 5.68. The maximum Gasteiger partial charge on any atom is 0.162 e.